The molecule has 0 aliphatic carbocycles. The molecular formula is C23H23BrClFN2O4S. The van der Waals surface area contributed by atoms with Gasteiger partial charge in [0.05, 0.1) is 17.0 Å². The molecule has 0 amide bonds. The molecule has 0 saturated heterocycles. The molecule has 0 spiro atoms. The zero-order valence-electron chi connectivity index (χ0n) is 17.8. The van der Waals surface area contributed by atoms with Crippen molar-refractivity contribution in [3.63, 3.8) is 0 Å². The van der Waals surface area contributed by atoms with Gasteiger partial charge in [-0.1, -0.05) is 45.7 Å². The van der Waals surface area contributed by atoms with Crippen molar-refractivity contribution in [2.24, 2.45) is 5.14 Å². The van der Waals surface area contributed by atoms with Crippen LogP contribution in [0.2, 0.25) is 5.02 Å². The van der Waals surface area contributed by atoms with Gasteiger partial charge in [-0.15, -0.1) is 0 Å². The van der Waals surface area contributed by atoms with Gasteiger partial charge in [0.15, 0.2) is 11.5 Å². The van der Waals surface area contributed by atoms with Gasteiger partial charge in [0.25, 0.3) is 0 Å². The molecule has 0 atom stereocenters. The van der Waals surface area contributed by atoms with Crippen molar-refractivity contribution in [2.45, 2.75) is 24.5 Å². The van der Waals surface area contributed by atoms with E-state index in [1.54, 1.807) is 25.3 Å². The average molecular weight is 558 g/mol. The number of methoxy groups -OCH3 is 1. The molecule has 0 radical (unpaired) electrons. The molecule has 10 heteroatoms. The van der Waals surface area contributed by atoms with Gasteiger partial charge in [-0.3, -0.25) is 0 Å². The number of hydrogen-bond donors (Lipinski definition) is 2. The number of ether oxygens (including phenoxy) is 2. The standard InChI is InChI=1S/C23H23BrClFN2O4S/c1-31-22-10-17(13-28-9-8-15-2-6-19(7-3-15)33(27,29)30)20(24)12-23(22)32-14-16-4-5-18(26)11-21(16)25/h2-7,10-12,28H,8-9,13-14H2,1H3,(H2,27,29,30). The van der Waals surface area contributed by atoms with E-state index in [2.05, 4.69) is 21.2 Å². The summed E-state index contributed by atoms with van der Waals surface area (Å²) in [6, 6.07) is 14.4. The van der Waals surface area contributed by atoms with E-state index in [1.165, 1.54) is 24.3 Å². The van der Waals surface area contributed by atoms with Gasteiger partial charge in [0.2, 0.25) is 10.0 Å². The number of benzene rings is 3. The van der Waals surface area contributed by atoms with Crippen LogP contribution in [0.3, 0.4) is 0 Å². The van der Waals surface area contributed by atoms with Crippen LogP contribution >= 0.6 is 27.5 Å². The van der Waals surface area contributed by atoms with E-state index in [1.807, 2.05) is 12.1 Å². The zero-order valence-corrected chi connectivity index (χ0v) is 20.9. The Morgan fingerprint density at radius 2 is 1.79 bits per heavy atom. The first-order chi connectivity index (χ1) is 15.7. The Morgan fingerprint density at radius 3 is 2.42 bits per heavy atom. The van der Waals surface area contributed by atoms with Crippen LogP contribution in [0, 0.1) is 5.82 Å². The Kier molecular flexibility index (Phi) is 8.72. The van der Waals surface area contributed by atoms with E-state index >= 15 is 0 Å². The normalized spacial score (nSPS) is 11.4. The monoisotopic (exact) mass is 556 g/mol. The number of halogens is 3. The molecule has 0 aromatic heterocycles. The second kappa shape index (κ2) is 11.3. The van der Waals surface area contributed by atoms with Gasteiger partial charge in [-0.2, -0.15) is 0 Å². The molecule has 0 bridgehead atoms. The van der Waals surface area contributed by atoms with Crippen molar-refractivity contribution < 1.29 is 22.3 Å². The SMILES string of the molecule is COc1cc(CNCCc2ccc(S(N)(=O)=O)cc2)c(Br)cc1OCc1ccc(F)cc1Cl. The van der Waals surface area contributed by atoms with Crippen molar-refractivity contribution in [3.05, 3.63) is 86.6 Å². The molecule has 0 saturated carbocycles. The maximum absolute atomic E-state index is 13.2. The van der Waals surface area contributed by atoms with E-state index in [-0.39, 0.29) is 11.5 Å². The maximum Gasteiger partial charge on any atom is 0.238 e. The summed E-state index contributed by atoms with van der Waals surface area (Å²) >= 11 is 9.63. The van der Waals surface area contributed by atoms with Gasteiger partial charge in [-0.05, 0) is 60.5 Å². The first-order valence-electron chi connectivity index (χ1n) is 9.93. The predicted octanol–water partition coefficient (Wildman–Crippen LogP) is 4.81. The highest BCUT2D eigenvalue weighted by Crippen LogP contribution is 2.34. The van der Waals surface area contributed by atoms with Crippen LogP contribution < -0.4 is 19.9 Å². The van der Waals surface area contributed by atoms with Crippen LogP contribution in [0.4, 0.5) is 4.39 Å². The third kappa shape index (κ3) is 7.15. The van der Waals surface area contributed by atoms with E-state index in [0.29, 0.717) is 35.2 Å². The van der Waals surface area contributed by atoms with Crippen molar-refractivity contribution >= 4 is 37.6 Å². The molecule has 3 rings (SSSR count). The zero-order chi connectivity index (χ0) is 24.0. The highest BCUT2D eigenvalue weighted by Gasteiger charge is 2.12. The van der Waals surface area contributed by atoms with Gasteiger partial charge in [-0.25, -0.2) is 17.9 Å². The Bertz CT molecular complexity index is 1220. The molecule has 0 aliphatic heterocycles. The summed E-state index contributed by atoms with van der Waals surface area (Å²) in [6.45, 7) is 1.44. The Hall–Kier alpha value is -2.17. The second-order valence-electron chi connectivity index (χ2n) is 7.23. The maximum atomic E-state index is 13.2. The molecule has 0 heterocycles. The quantitative estimate of drug-likeness (QED) is 0.349. The largest absolute Gasteiger partial charge is 0.493 e. The predicted molar refractivity (Wildman–Crippen MR) is 130 cm³/mol. The highest BCUT2D eigenvalue weighted by molar-refractivity contribution is 9.10. The van der Waals surface area contributed by atoms with Gasteiger partial charge >= 0.3 is 0 Å². The molecule has 0 unspecified atom stereocenters. The minimum absolute atomic E-state index is 0.0965. The first-order valence-corrected chi connectivity index (χ1v) is 12.6. The fourth-order valence-corrected chi connectivity index (χ4v) is 4.28. The summed E-state index contributed by atoms with van der Waals surface area (Å²) in [5, 5.41) is 8.77. The third-order valence-electron chi connectivity index (χ3n) is 4.89. The lowest BCUT2D eigenvalue weighted by atomic mass is 10.1. The number of nitrogens with two attached hydrogens (primary N) is 1. The Balaban J connectivity index is 1.57. The van der Waals surface area contributed by atoms with E-state index in [0.717, 1.165) is 22.0 Å². The summed E-state index contributed by atoms with van der Waals surface area (Å²) in [5.74, 6) is 0.691. The third-order valence-corrected chi connectivity index (χ3v) is 6.91. The van der Waals surface area contributed by atoms with Crippen molar-refractivity contribution in [1.29, 1.82) is 0 Å². The van der Waals surface area contributed by atoms with Crippen LogP contribution in [-0.4, -0.2) is 22.1 Å². The van der Waals surface area contributed by atoms with Crippen LogP contribution in [0.5, 0.6) is 11.5 Å². The smallest absolute Gasteiger partial charge is 0.238 e. The van der Waals surface area contributed by atoms with Crippen LogP contribution in [0.1, 0.15) is 16.7 Å². The minimum atomic E-state index is -3.68. The number of hydrogen-bond acceptors (Lipinski definition) is 5. The molecule has 6 nitrogen and oxygen atoms in total. The lowest BCUT2D eigenvalue weighted by molar-refractivity contribution is 0.284. The number of primary sulfonamides is 1. The summed E-state index contributed by atoms with van der Waals surface area (Å²) in [7, 11) is -2.13. The second-order valence-corrected chi connectivity index (χ2v) is 10.1. The number of rotatable bonds is 10. The fraction of sp³-hybridized carbons (Fsp3) is 0.217. The molecule has 0 aliphatic rings. The summed E-state index contributed by atoms with van der Waals surface area (Å²) in [4.78, 5) is 0.0965. The molecular weight excluding hydrogens is 535 g/mol. The lowest BCUT2D eigenvalue weighted by Gasteiger charge is -2.15. The minimum Gasteiger partial charge on any atom is -0.493 e. The summed E-state index contributed by atoms with van der Waals surface area (Å²) < 4.78 is 48.1. The van der Waals surface area contributed by atoms with Gasteiger partial charge < -0.3 is 14.8 Å². The van der Waals surface area contributed by atoms with Gasteiger partial charge in [0, 0.05) is 16.6 Å². The van der Waals surface area contributed by atoms with E-state index in [4.69, 9.17) is 26.2 Å². The Labute approximate surface area is 206 Å². The lowest BCUT2D eigenvalue weighted by Crippen LogP contribution is -2.17. The molecule has 3 aromatic rings. The highest BCUT2D eigenvalue weighted by atomic mass is 79.9. The van der Waals surface area contributed by atoms with Crippen LogP contribution in [-0.2, 0) is 29.6 Å². The molecule has 33 heavy (non-hydrogen) atoms. The van der Waals surface area contributed by atoms with E-state index < -0.39 is 15.8 Å². The number of nitrogens with one attached hydrogen (secondary N) is 1. The van der Waals surface area contributed by atoms with Crippen LogP contribution in [0.15, 0.2) is 64.0 Å². The number of sulfonamides is 1. The molecule has 3 N–H and O–H groups in total. The average Bonchev–Trinajstić information content (AvgIpc) is 2.77. The summed E-state index contributed by atoms with van der Waals surface area (Å²) in [6.07, 6.45) is 0.722. The first kappa shape index (κ1) is 25.5. The van der Waals surface area contributed by atoms with Crippen molar-refractivity contribution in [2.75, 3.05) is 13.7 Å². The Morgan fingerprint density at radius 1 is 1.06 bits per heavy atom. The summed E-state index contributed by atoms with van der Waals surface area (Å²) in [5.41, 5.74) is 2.64. The topological polar surface area (TPSA) is 90.6 Å². The van der Waals surface area contributed by atoms with E-state index in [9.17, 15) is 12.8 Å². The van der Waals surface area contributed by atoms with Crippen LogP contribution in [0.25, 0.3) is 0 Å². The van der Waals surface area contributed by atoms with Crippen molar-refractivity contribution in [1.82, 2.24) is 5.32 Å². The molecule has 176 valence electrons. The van der Waals surface area contributed by atoms with Crippen molar-refractivity contribution in [3.8, 4) is 11.5 Å². The van der Waals surface area contributed by atoms with Gasteiger partial charge in [0.1, 0.15) is 12.4 Å². The molecule has 3 aromatic carbocycles. The fourth-order valence-electron chi connectivity index (χ4n) is 3.08. The molecule has 0 fully saturated rings.